The first-order valence-electron chi connectivity index (χ1n) is 11.8. The minimum atomic E-state index is -1.56. The van der Waals surface area contributed by atoms with Crippen molar-refractivity contribution in [1.82, 2.24) is 0 Å². The number of rotatable bonds is 5. The van der Waals surface area contributed by atoms with Crippen LogP contribution in [0.25, 0.3) is 0 Å². The van der Waals surface area contributed by atoms with Crippen molar-refractivity contribution in [1.29, 1.82) is 0 Å². The van der Waals surface area contributed by atoms with Crippen LogP contribution in [0.2, 0.25) is 0 Å². The minimum Gasteiger partial charge on any atom is -0.462 e. The Labute approximate surface area is 187 Å². The molecule has 0 radical (unpaired) electrons. The van der Waals surface area contributed by atoms with Gasteiger partial charge in [-0.2, -0.15) is 0 Å². The van der Waals surface area contributed by atoms with Crippen LogP contribution in [0.3, 0.4) is 0 Å². The van der Waals surface area contributed by atoms with E-state index in [1.807, 2.05) is 0 Å². The van der Waals surface area contributed by atoms with Crippen molar-refractivity contribution >= 4 is 11.8 Å². The van der Waals surface area contributed by atoms with Gasteiger partial charge in [0.2, 0.25) is 5.78 Å². The number of halogens is 3. The van der Waals surface area contributed by atoms with Gasteiger partial charge in [0.15, 0.2) is 5.83 Å². The second-order valence-electron chi connectivity index (χ2n) is 10.7. The van der Waals surface area contributed by atoms with E-state index in [1.165, 1.54) is 0 Å². The highest BCUT2D eigenvalue weighted by atomic mass is 19.1. The zero-order valence-corrected chi connectivity index (χ0v) is 19.0. The van der Waals surface area contributed by atoms with E-state index in [9.17, 15) is 19.1 Å². The van der Waals surface area contributed by atoms with Gasteiger partial charge in [-0.25, -0.2) is 8.78 Å². The van der Waals surface area contributed by atoms with Crippen LogP contribution >= 0.6 is 0 Å². The molecule has 3 fully saturated rings. The second-order valence-corrected chi connectivity index (χ2v) is 10.7. The van der Waals surface area contributed by atoms with Gasteiger partial charge in [-0.3, -0.25) is 14.0 Å². The predicted octanol–water partition coefficient (Wildman–Crippen LogP) is 4.95. The molecule has 0 saturated heterocycles. The molecule has 0 aromatic carbocycles. The van der Waals surface area contributed by atoms with Crippen LogP contribution in [0.1, 0.15) is 65.7 Å². The summed E-state index contributed by atoms with van der Waals surface area (Å²) in [5.74, 6) is -2.31. The summed E-state index contributed by atoms with van der Waals surface area (Å²) in [4.78, 5) is 24.6. The van der Waals surface area contributed by atoms with E-state index >= 15 is 8.78 Å². The summed E-state index contributed by atoms with van der Waals surface area (Å²) in [5.41, 5.74) is -1.21. The molecule has 4 aliphatic rings. The van der Waals surface area contributed by atoms with Crippen LogP contribution in [0.15, 0.2) is 23.0 Å². The lowest BCUT2D eigenvalue weighted by Crippen LogP contribution is -2.54. The molecule has 0 aliphatic heterocycles. The Morgan fingerprint density at radius 1 is 1.28 bits per heavy atom. The normalized spacial score (nSPS) is 42.0. The quantitative estimate of drug-likeness (QED) is 0.597. The van der Waals surface area contributed by atoms with Crippen LogP contribution in [0, 0.1) is 28.6 Å². The number of esters is 1. The zero-order chi connectivity index (χ0) is 23.4. The molecule has 178 valence electrons. The maximum absolute atomic E-state index is 15.4. The van der Waals surface area contributed by atoms with Crippen LogP contribution in [-0.2, 0) is 14.3 Å². The fourth-order valence-electron chi connectivity index (χ4n) is 7.39. The molecule has 4 rings (SSSR count). The summed E-state index contributed by atoms with van der Waals surface area (Å²) in [6.07, 6.45) is 1.86. The zero-order valence-electron chi connectivity index (χ0n) is 19.0. The van der Waals surface area contributed by atoms with Gasteiger partial charge in [-0.1, -0.05) is 19.9 Å². The van der Waals surface area contributed by atoms with Gasteiger partial charge < -0.3 is 9.84 Å². The third-order valence-electron chi connectivity index (χ3n) is 8.79. The number of ether oxygens (including phenoxy) is 1. The highest BCUT2D eigenvalue weighted by Gasteiger charge is 2.62. The first-order chi connectivity index (χ1) is 15.0. The molecule has 0 spiro atoms. The first kappa shape index (κ1) is 23.5. The van der Waals surface area contributed by atoms with E-state index in [4.69, 9.17) is 4.74 Å². The minimum absolute atomic E-state index is 0.0400. The molecule has 8 atom stereocenters. The highest BCUT2D eigenvalue weighted by molar-refractivity contribution is 6.08. The van der Waals surface area contributed by atoms with Crippen molar-refractivity contribution in [2.24, 2.45) is 28.6 Å². The Balaban J connectivity index is 1.64. The summed E-state index contributed by atoms with van der Waals surface area (Å²) in [5, 5.41) is 9.48. The fraction of sp³-hybridized carbons (Fsp3) is 0.760. The molecule has 0 aromatic rings. The third kappa shape index (κ3) is 3.55. The van der Waals surface area contributed by atoms with Crippen molar-refractivity contribution in [3.05, 3.63) is 23.0 Å². The highest BCUT2D eigenvalue weighted by Crippen LogP contribution is 2.66. The summed E-state index contributed by atoms with van der Waals surface area (Å²) < 4.78 is 49.3. The van der Waals surface area contributed by atoms with Crippen molar-refractivity contribution < 1.29 is 32.6 Å². The van der Waals surface area contributed by atoms with Crippen LogP contribution < -0.4 is 0 Å². The van der Waals surface area contributed by atoms with Gasteiger partial charge in [0.1, 0.15) is 12.3 Å². The Hall–Kier alpha value is -1.63. The smallest absolute Gasteiger partial charge is 0.308 e. The second kappa shape index (κ2) is 8.30. The van der Waals surface area contributed by atoms with Gasteiger partial charge in [0, 0.05) is 28.4 Å². The number of alkyl halides is 2. The maximum Gasteiger partial charge on any atom is 0.308 e. The average Bonchev–Trinajstić information content (AvgIpc) is 3.02. The lowest BCUT2D eigenvalue weighted by molar-refractivity contribution is -0.161. The lowest BCUT2D eigenvalue weighted by Gasteiger charge is -2.57. The van der Waals surface area contributed by atoms with Gasteiger partial charge in [-0.05, 0) is 56.8 Å². The number of aliphatic hydroxyl groups excluding tert-OH is 1. The number of carbonyl (C=O) groups is 2. The first-order valence-corrected chi connectivity index (χ1v) is 11.8. The molecule has 32 heavy (non-hydrogen) atoms. The average molecular weight is 455 g/mol. The third-order valence-corrected chi connectivity index (χ3v) is 8.79. The van der Waals surface area contributed by atoms with E-state index in [-0.39, 0.29) is 59.7 Å². The van der Waals surface area contributed by atoms with E-state index in [1.54, 1.807) is 19.9 Å². The van der Waals surface area contributed by atoms with E-state index in [0.717, 1.165) is 12.8 Å². The summed E-state index contributed by atoms with van der Waals surface area (Å²) in [7, 11) is 0. The van der Waals surface area contributed by atoms with Crippen molar-refractivity contribution in [3.8, 4) is 0 Å². The Morgan fingerprint density at radius 3 is 2.66 bits per heavy atom. The van der Waals surface area contributed by atoms with Gasteiger partial charge in [-0.15, -0.1) is 0 Å². The number of ketones is 1. The molecule has 0 bridgehead atoms. The van der Waals surface area contributed by atoms with Gasteiger partial charge >= 0.3 is 5.97 Å². The summed E-state index contributed by atoms with van der Waals surface area (Å²) in [6.45, 7) is 4.68. The Bertz CT molecular complexity index is 865. The molecular formula is C25H33F3O4. The van der Waals surface area contributed by atoms with Crippen LogP contribution in [0.4, 0.5) is 13.2 Å². The van der Waals surface area contributed by atoms with E-state index in [2.05, 4.69) is 6.92 Å². The van der Waals surface area contributed by atoms with E-state index in [0.29, 0.717) is 12.8 Å². The molecular weight excluding hydrogens is 421 g/mol. The molecule has 2 unspecified atom stereocenters. The topological polar surface area (TPSA) is 63.6 Å². The molecule has 1 N–H and O–H groups in total. The van der Waals surface area contributed by atoms with Gasteiger partial charge in [0.25, 0.3) is 0 Å². The Kier molecular flexibility index (Phi) is 6.10. The number of Topliss-reactive ketones (excluding diaryl/α,β-unsaturated/α-hetero) is 1. The van der Waals surface area contributed by atoms with Crippen LogP contribution in [-0.4, -0.2) is 41.9 Å². The molecule has 0 amide bonds. The maximum atomic E-state index is 15.4. The SMILES string of the molecule is CC(O)CC(=O)OC1CC[C@H]2[C@@H]3C[C@H](F)C4=C(F)C(=O)C(CCF)=C[C@]4(C)[C@H]3CC[C@]12C. The largest absolute Gasteiger partial charge is 0.462 e. The monoisotopic (exact) mass is 454 g/mol. The molecule has 0 heterocycles. The number of aliphatic hydroxyl groups is 1. The van der Waals surface area contributed by atoms with Gasteiger partial charge in [0.05, 0.1) is 19.2 Å². The van der Waals surface area contributed by atoms with E-state index < -0.39 is 41.9 Å². The molecule has 0 aromatic heterocycles. The number of allylic oxidation sites excluding steroid dienone is 4. The molecule has 4 nitrogen and oxygen atoms in total. The number of fused-ring (bicyclic) bond motifs is 5. The summed E-state index contributed by atoms with van der Waals surface area (Å²) >= 11 is 0. The van der Waals surface area contributed by atoms with Crippen molar-refractivity contribution in [2.45, 2.75) is 84.1 Å². The van der Waals surface area contributed by atoms with Crippen molar-refractivity contribution in [2.75, 3.05) is 6.67 Å². The fourth-order valence-corrected chi connectivity index (χ4v) is 7.39. The lowest BCUT2D eigenvalue weighted by atomic mass is 9.47. The van der Waals surface area contributed by atoms with Crippen molar-refractivity contribution in [3.63, 3.8) is 0 Å². The molecule has 7 heteroatoms. The molecule has 3 saturated carbocycles. The molecule has 4 aliphatic carbocycles. The Morgan fingerprint density at radius 2 is 2.00 bits per heavy atom. The van der Waals surface area contributed by atoms with Crippen LogP contribution in [0.5, 0.6) is 0 Å². The standard InChI is InChI=1S/C25H33F3O4/c1-13(29)10-20(30)32-19-5-4-16-15-11-18(27)21-22(28)23(31)14(7-9-26)12-25(21,3)17(15)6-8-24(16,19)2/h12-13,15-19,29H,4-11H2,1-3H3/t13?,15-,16-,17-,18-,19?,24-,25+/m0/s1. The predicted molar refractivity (Wildman–Crippen MR) is 113 cm³/mol. The summed E-state index contributed by atoms with van der Waals surface area (Å²) in [6, 6.07) is 0. The number of carbonyl (C=O) groups excluding carboxylic acids is 2. The number of hydrogen-bond acceptors (Lipinski definition) is 4. The number of hydrogen-bond donors (Lipinski definition) is 1.